The molecule has 1 unspecified atom stereocenters. The number of nitrogens with one attached hydrogen (secondary N) is 1. The van der Waals surface area contributed by atoms with Crippen LogP contribution in [0.5, 0.6) is 5.75 Å². The first-order valence-electron chi connectivity index (χ1n) is 16.0. The van der Waals surface area contributed by atoms with Crippen LogP contribution in [0.4, 0.5) is 10.5 Å². The van der Waals surface area contributed by atoms with Crippen molar-refractivity contribution in [2.75, 3.05) is 24.7 Å². The van der Waals surface area contributed by atoms with Gasteiger partial charge < -0.3 is 25.0 Å². The lowest BCUT2D eigenvalue weighted by atomic mass is 9.93. The predicted molar refractivity (Wildman–Crippen MR) is 185 cm³/mol. The highest BCUT2D eigenvalue weighted by atomic mass is 35.5. The Labute approximate surface area is 297 Å². The summed E-state index contributed by atoms with van der Waals surface area (Å²) in [5.74, 6) is -1.86. The monoisotopic (exact) mass is 720 g/mol. The third kappa shape index (κ3) is 7.71. The molecule has 1 aromatic heterocycles. The molecule has 0 bridgehead atoms. The van der Waals surface area contributed by atoms with Gasteiger partial charge in [-0.05, 0) is 84.7 Å². The molecule has 50 heavy (non-hydrogen) atoms. The van der Waals surface area contributed by atoms with Crippen LogP contribution in [-0.2, 0) is 20.9 Å². The van der Waals surface area contributed by atoms with Gasteiger partial charge in [-0.2, -0.15) is 5.10 Å². The Kier molecular flexibility index (Phi) is 10.3. The molecule has 260 valence electrons. The predicted octanol–water partition coefficient (Wildman–Crippen LogP) is 6.40. The SMILES string of the molecule is Cc1c(Cl)cccc1OCCOC(=O)N1C[C@@H]2C[C@@H]2c2c(-c3cnn(Cc4cc(C(=O)NC(CCC(=O)O)C(=O)O)ccc4Cl)c3)cccc21. The molecule has 1 fully saturated rings. The second-order valence-corrected chi connectivity index (χ2v) is 13.1. The van der Waals surface area contributed by atoms with Gasteiger partial charge >= 0.3 is 18.0 Å². The fourth-order valence-electron chi connectivity index (χ4n) is 6.21. The van der Waals surface area contributed by atoms with Crippen LogP contribution in [0.1, 0.15) is 52.2 Å². The number of aromatic nitrogens is 2. The van der Waals surface area contributed by atoms with Crippen LogP contribution in [0.3, 0.4) is 0 Å². The smallest absolute Gasteiger partial charge is 0.414 e. The standard InChI is InChI=1S/C36H34Cl2N4O8/c1-20-27(37)5-3-7-31(20)49-12-13-50-36(48)42-19-22-15-26(22)33-25(4-2-6-30(33)42)24-16-39-41(18-24)17-23-14-21(8-9-28(23)38)34(45)40-29(35(46)47)10-11-32(43)44/h2-9,14,16,18,22,26,29H,10-13,15,17,19H2,1H3,(H,40,45)(H,43,44)(H,46,47)/t22-,26-,29?/m0/s1. The highest BCUT2D eigenvalue weighted by Gasteiger charge is 2.48. The molecule has 3 aromatic carbocycles. The van der Waals surface area contributed by atoms with Crippen molar-refractivity contribution in [1.82, 2.24) is 15.1 Å². The second-order valence-electron chi connectivity index (χ2n) is 12.3. The lowest BCUT2D eigenvalue weighted by Gasteiger charge is -2.29. The topological polar surface area (TPSA) is 160 Å². The van der Waals surface area contributed by atoms with E-state index in [1.165, 1.54) is 6.07 Å². The molecule has 0 radical (unpaired) electrons. The summed E-state index contributed by atoms with van der Waals surface area (Å²) >= 11 is 12.6. The zero-order valence-electron chi connectivity index (χ0n) is 27.0. The van der Waals surface area contributed by atoms with Crippen molar-refractivity contribution in [2.45, 2.75) is 44.7 Å². The maximum absolute atomic E-state index is 13.3. The largest absolute Gasteiger partial charge is 0.490 e. The van der Waals surface area contributed by atoms with Crippen molar-refractivity contribution in [3.05, 3.63) is 99.3 Å². The third-order valence-corrected chi connectivity index (χ3v) is 9.70. The number of fused-ring (bicyclic) bond motifs is 3. The minimum absolute atomic E-state index is 0.0768. The molecule has 1 saturated carbocycles. The van der Waals surface area contributed by atoms with Crippen LogP contribution in [0.2, 0.25) is 10.0 Å². The van der Waals surface area contributed by atoms with Crippen molar-refractivity contribution in [1.29, 1.82) is 0 Å². The number of carbonyl (C=O) groups is 4. The minimum Gasteiger partial charge on any atom is -0.490 e. The van der Waals surface area contributed by atoms with Gasteiger partial charge in [0, 0.05) is 45.9 Å². The molecule has 4 aromatic rings. The quantitative estimate of drug-likeness (QED) is 0.133. The minimum atomic E-state index is -1.36. The van der Waals surface area contributed by atoms with E-state index in [2.05, 4.69) is 10.4 Å². The van der Waals surface area contributed by atoms with Crippen LogP contribution < -0.4 is 15.0 Å². The van der Waals surface area contributed by atoms with Gasteiger partial charge in [-0.15, -0.1) is 0 Å². The first-order chi connectivity index (χ1) is 24.0. The fourth-order valence-corrected chi connectivity index (χ4v) is 6.55. The average Bonchev–Trinajstić information content (AvgIpc) is 3.74. The fraction of sp³-hybridized carbons (Fsp3) is 0.306. The summed E-state index contributed by atoms with van der Waals surface area (Å²) in [5, 5.41) is 26.2. The Bertz CT molecular complexity index is 1960. The zero-order chi connectivity index (χ0) is 35.5. The van der Waals surface area contributed by atoms with E-state index in [9.17, 15) is 24.3 Å². The zero-order valence-corrected chi connectivity index (χ0v) is 28.5. The summed E-state index contributed by atoms with van der Waals surface area (Å²) in [4.78, 5) is 50.3. The van der Waals surface area contributed by atoms with Crippen LogP contribution in [0.15, 0.2) is 67.0 Å². The average molecular weight is 722 g/mol. The molecule has 3 N–H and O–H groups in total. The van der Waals surface area contributed by atoms with Crippen molar-refractivity contribution >= 4 is 52.8 Å². The van der Waals surface area contributed by atoms with Gasteiger partial charge in [-0.25, -0.2) is 9.59 Å². The van der Waals surface area contributed by atoms with E-state index in [4.69, 9.17) is 37.8 Å². The molecule has 0 spiro atoms. The van der Waals surface area contributed by atoms with E-state index < -0.39 is 36.4 Å². The Hall–Kier alpha value is -5.07. The molecule has 12 nitrogen and oxygen atoms in total. The highest BCUT2D eigenvalue weighted by molar-refractivity contribution is 6.31. The lowest BCUT2D eigenvalue weighted by molar-refractivity contribution is -0.140. The van der Waals surface area contributed by atoms with Gasteiger partial charge in [0.1, 0.15) is 25.0 Å². The van der Waals surface area contributed by atoms with Gasteiger partial charge in [-0.1, -0.05) is 41.4 Å². The van der Waals surface area contributed by atoms with Crippen molar-refractivity contribution < 1.29 is 38.9 Å². The Balaban J connectivity index is 1.14. The van der Waals surface area contributed by atoms with E-state index in [0.717, 1.165) is 34.4 Å². The van der Waals surface area contributed by atoms with Gasteiger partial charge in [0.25, 0.3) is 5.91 Å². The number of nitrogens with zero attached hydrogens (tertiary/aromatic N) is 3. The van der Waals surface area contributed by atoms with Crippen LogP contribution >= 0.6 is 23.2 Å². The normalized spacial score (nSPS) is 16.5. The number of carboxylic acids is 2. The molecule has 1 aliphatic carbocycles. The number of ether oxygens (including phenoxy) is 2. The molecule has 3 atom stereocenters. The summed E-state index contributed by atoms with van der Waals surface area (Å²) in [7, 11) is 0. The molecule has 14 heteroatoms. The van der Waals surface area contributed by atoms with Crippen LogP contribution in [0, 0.1) is 12.8 Å². The van der Waals surface area contributed by atoms with Crippen LogP contribution in [0.25, 0.3) is 11.1 Å². The number of carboxylic acid groups (broad SMARTS) is 2. The lowest BCUT2D eigenvalue weighted by Crippen LogP contribution is -2.41. The van der Waals surface area contributed by atoms with E-state index in [1.54, 1.807) is 40.0 Å². The van der Waals surface area contributed by atoms with Crippen molar-refractivity contribution in [3.8, 4) is 16.9 Å². The first kappa shape index (κ1) is 34.8. The van der Waals surface area contributed by atoms with E-state index in [1.807, 2.05) is 37.4 Å². The number of aliphatic carboxylic acids is 2. The molecular weight excluding hydrogens is 687 g/mol. The maximum Gasteiger partial charge on any atom is 0.414 e. The second kappa shape index (κ2) is 14.8. The van der Waals surface area contributed by atoms with Gasteiger partial charge in [0.05, 0.1) is 18.4 Å². The summed E-state index contributed by atoms with van der Waals surface area (Å²) in [5.41, 5.74) is 5.25. The van der Waals surface area contributed by atoms with E-state index >= 15 is 0 Å². The van der Waals surface area contributed by atoms with Gasteiger partial charge in [0.15, 0.2) is 0 Å². The highest BCUT2D eigenvalue weighted by Crippen LogP contribution is 2.57. The van der Waals surface area contributed by atoms with E-state index in [-0.39, 0.29) is 31.7 Å². The third-order valence-electron chi connectivity index (χ3n) is 8.92. The molecule has 2 aliphatic rings. The number of rotatable bonds is 13. The summed E-state index contributed by atoms with van der Waals surface area (Å²) in [6.07, 6.45) is 3.47. The number of hydrogen-bond donors (Lipinski definition) is 3. The Morgan fingerprint density at radius 2 is 1.84 bits per heavy atom. The van der Waals surface area contributed by atoms with Gasteiger partial charge in [0.2, 0.25) is 0 Å². The molecule has 2 heterocycles. The van der Waals surface area contributed by atoms with Crippen molar-refractivity contribution in [3.63, 3.8) is 0 Å². The van der Waals surface area contributed by atoms with E-state index in [0.29, 0.717) is 39.7 Å². The maximum atomic E-state index is 13.3. The van der Waals surface area contributed by atoms with Crippen molar-refractivity contribution in [2.24, 2.45) is 5.92 Å². The Morgan fingerprint density at radius 3 is 2.62 bits per heavy atom. The molecular formula is C36H34Cl2N4O8. The summed E-state index contributed by atoms with van der Waals surface area (Å²) in [6, 6.07) is 14.5. The van der Waals surface area contributed by atoms with Crippen LogP contribution in [-0.4, -0.2) is 69.7 Å². The Morgan fingerprint density at radius 1 is 1.04 bits per heavy atom. The summed E-state index contributed by atoms with van der Waals surface area (Å²) < 4.78 is 13.1. The number of amides is 2. The molecule has 6 rings (SSSR count). The molecule has 0 saturated heterocycles. The first-order valence-corrected chi connectivity index (χ1v) is 16.8. The number of benzene rings is 3. The number of carbonyl (C=O) groups excluding carboxylic acids is 2. The van der Waals surface area contributed by atoms with Gasteiger partial charge in [-0.3, -0.25) is 19.2 Å². The number of anilines is 1. The summed E-state index contributed by atoms with van der Waals surface area (Å²) in [6.45, 7) is 2.92. The molecule has 1 aliphatic heterocycles. The molecule has 2 amide bonds. The number of hydrogen-bond acceptors (Lipinski definition) is 7. The number of halogens is 2.